The second-order valence-corrected chi connectivity index (χ2v) is 7.62. The maximum atomic E-state index is 13.0. The fourth-order valence-electron chi connectivity index (χ4n) is 3.02. The molecule has 0 atom stereocenters. The van der Waals surface area contributed by atoms with E-state index in [4.69, 9.17) is 0 Å². The van der Waals surface area contributed by atoms with E-state index in [1.165, 1.54) is 0 Å². The Labute approximate surface area is 131 Å². The zero-order valence-corrected chi connectivity index (χ0v) is 13.7. The van der Waals surface area contributed by atoms with E-state index in [1.807, 2.05) is 39.0 Å². The fourth-order valence-corrected chi connectivity index (χ4v) is 4.58. The van der Waals surface area contributed by atoms with Crippen LogP contribution in [0.25, 0.3) is 11.1 Å². The summed E-state index contributed by atoms with van der Waals surface area (Å²) < 4.78 is 25.9. The van der Waals surface area contributed by atoms with Crippen molar-refractivity contribution in [3.63, 3.8) is 0 Å². The first-order chi connectivity index (χ1) is 10.4. The standard InChI is InChI=1S/C19H18O2S/c1-13-11-14(2)17-9-10-18(19(17)15(3)12-13)22(20,21)16-7-5-4-6-8-16/h4-12H,1-3H3. The van der Waals surface area contributed by atoms with Gasteiger partial charge in [0.15, 0.2) is 0 Å². The summed E-state index contributed by atoms with van der Waals surface area (Å²) in [6.07, 6.45) is 0. The van der Waals surface area contributed by atoms with E-state index in [2.05, 4.69) is 6.07 Å². The predicted octanol–water partition coefficient (Wildman–Crippen LogP) is 4.55. The maximum Gasteiger partial charge on any atom is 0.207 e. The SMILES string of the molecule is Cc1cc(C)c2ccc(S(=O)(=O)c3ccccc3)c-2c(C)c1. The summed E-state index contributed by atoms with van der Waals surface area (Å²) in [6, 6.07) is 16.4. The molecule has 0 fully saturated rings. The zero-order chi connectivity index (χ0) is 15.9. The average molecular weight is 310 g/mol. The number of fused-ring (bicyclic) bond motifs is 1. The van der Waals surface area contributed by atoms with Gasteiger partial charge in [-0.05, 0) is 55.7 Å². The second-order valence-electron chi connectivity index (χ2n) is 5.70. The number of sulfone groups is 1. The molecule has 0 spiro atoms. The van der Waals surface area contributed by atoms with Gasteiger partial charge in [-0.1, -0.05) is 42.0 Å². The Kier molecular flexibility index (Phi) is 3.53. The summed E-state index contributed by atoms with van der Waals surface area (Å²) in [5.74, 6) is 0. The van der Waals surface area contributed by atoms with Crippen LogP contribution in [0.4, 0.5) is 0 Å². The first kappa shape index (κ1) is 14.8. The van der Waals surface area contributed by atoms with E-state index in [9.17, 15) is 8.42 Å². The van der Waals surface area contributed by atoms with Crippen LogP contribution in [0.3, 0.4) is 0 Å². The summed E-state index contributed by atoms with van der Waals surface area (Å²) in [7, 11) is -3.50. The number of aryl methyl sites for hydroxylation is 3. The Morgan fingerprint density at radius 3 is 2.09 bits per heavy atom. The van der Waals surface area contributed by atoms with Crippen molar-refractivity contribution in [2.24, 2.45) is 0 Å². The molecule has 0 heterocycles. The average Bonchev–Trinajstić information content (AvgIpc) is 2.89. The van der Waals surface area contributed by atoms with Gasteiger partial charge in [0.1, 0.15) is 0 Å². The second kappa shape index (κ2) is 5.25. The number of benzene rings is 1. The smallest absolute Gasteiger partial charge is 0.207 e. The van der Waals surface area contributed by atoms with E-state index >= 15 is 0 Å². The third-order valence-electron chi connectivity index (χ3n) is 3.97. The molecule has 3 rings (SSSR count). The van der Waals surface area contributed by atoms with Crippen LogP contribution in [0.1, 0.15) is 16.7 Å². The molecule has 0 unspecified atom stereocenters. The quantitative estimate of drug-likeness (QED) is 0.696. The molecule has 2 aliphatic carbocycles. The topological polar surface area (TPSA) is 34.1 Å². The van der Waals surface area contributed by atoms with Gasteiger partial charge in [-0.15, -0.1) is 0 Å². The molecule has 0 saturated carbocycles. The lowest BCUT2D eigenvalue weighted by molar-refractivity contribution is 0.596. The fraction of sp³-hybridized carbons (Fsp3) is 0.158. The molecule has 2 nitrogen and oxygen atoms in total. The minimum absolute atomic E-state index is 0.336. The van der Waals surface area contributed by atoms with Crippen LogP contribution in [0.5, 0.6) is 0 Å². The summed E-state index contributed by atoms with van der Waals surface area (Å²) in [6.45, 7) is 6.02. The van der Waals surface area contributed by atoms with Gasteiger partial charge in [0.05, 0.1) is 9.79 Å². The highest BCUT2D eigenvalue weighted by atomic mass is 32.2. The summed E-state index contributed by atoms with van der Waals surface area (Å²) >= 11 is 0. The van der Waals surface area contributed by atoms with Crippen LogP contribution < -0.4 is 0 Å². The number of hydrogen-bond donors (Lipinski definition) is 0. The molecule has 0 aliphatic heterocycles. The lowest BCUT2D eigenvalue weighted by atomic mass is 10.1. The highest BCUT2D eigenvalue weighted by molar-refractivity contribution is 7.91. The summed E-state index contributed by atoms with van der Waals surface area (Å²) in [5.41, 5.74) is 5.04. The molecule has 2 aliphatic rings. The Morgan fingerprint density at radius 1 is 0.773 bits per heavy atom. The van der Waals surface area contributed by atoms with E-state index < -0.39 is 9.84 Å². The number of hydrogen-bond acceptors (Lipinski definition) is 2. The molecule has 0 amide bonds. The third kappa shape index (κ3) is 2.32. The normalized spacial score (nSPS) is 11.8. The molecule has 0 saturated heterocycles. The van der Waals surface area contributed by atoms with Gasteiger partial charge in [-0.3, -0.25) is 0 Å². The van der Waals surface area contributed by atoms with Crippen molar-refractivity contribution in [1.82, 2.24) is 0 Å². The van der Waals surface area contributed by atoms with Crippen LogP contribution in [0, 0.1) is 20.8 Å². The van der Waals surface area contributed by atoms with Crippen LogP contribution in [0.15, 0.2) is 64.4 Å². The van der Waals surface area contributed by atoms with Crippen LogP contribution in [-0.2, 0) is 9.84 Å². The minimum Gasteiger partial charge on any atom is -0.218 e. The van der Waals surface area contributed by atoms with Gasteiger partial charge < -0.3 is 0 Å². The molecular formula is C19H18O2S. The first-order valence-corrected chi connectivity index (χ1v) is 8.70. The summed E-state index contributed by atoms with van der Waals surface area (Å²) in [4.78, 5) is 0.729. The van der Waals surface area contributed by atoms with Crippen molar-refractivity contribution >= 4 is 9.84 Å². The first-order valence-electron chi connectivity index (χ1n) is 7.22. The molecular weight excluding hydrogens is 292 g/mol. The molecule has 3 heteroatoms. The van der Waals surface area contributed by atoms with E-state index in [1.54, 1.807) is 30.3 Å². The Balaban J connectivity index is 2.33. The van der Waals surface area contributed by atoms with Crippen molar-refractivity contribution in [2.75, 3.05) is 0 Å². The largest absolute Gasteiger partial charge is 0.218 e. The lowest BCUT2D eigenvalue weighted by Crippen LogP contribution is -2.02. The van der Waals surface area contributed by atoms with Gasteiger partial charge in [0.25, 0.3) is 0 Å². The Bertz CT molecular complexity index is 910. The van der Waals surface area contributed by atoms with Crippen molar-refractivity contribution in [1.29, 1.82) is 0 Å². The molecule has 1 aromatic carbocycles. The summed E-state index contributed by atoms with van der Waals surface area (Å²) in [5, 5.41) is 0. The van der Waals surface area contributed by atoms with Crippen LogP contribution in [0.2, 0.25) is 0 Å². The van der Waals surface area contributed by atoms with Crippen molar-refractivity contribution in [3.05, 3.63) is 71.3 Å². The predicted molar refractivity (Wildman–Crippen MR) is 89.2 cm³/mol. The highest BCUT2D eigenvalue weighted by Crippen LogP contribution is 2.38. The maximum absolute atomic E-state index is 13.0. The minimum atomic E-state index is -3.50. The van der Waals surface area contributed by atoms with Gasteiger partial charge in [0, 0.05) is 5.56 Å². The molecule has 112 valence electrons. The lowest BCUT2D eigenvalue weighted by Gasteiger charge is -2.08. The van der Waals surface area contributed by atoms with Gasteiger partial charge in [0.2, 0.25) is 9.84 Å². The molecule has 0 radical (unpaired) electrons. The van der Waals surface area contributed by atoms with Crippen molar-refractivity contribution in [2.45, 2.75) is 30.6 Å². The van der Waals surface area contributed by atoms with E-state index in [-0.39, 0.29) is 0 Å². The molecule has 0 N–H and O–H groups in total. The Morgan fingerprint density at radius 2 is 1.41 bits per heavy atom. The highest BCUT2D eigenvalue weighted by Gasteiger charge is 2.25. The van der Waals surface area contributed by atoms with Gasteiger partial charge >= 0.3 is 0 Å². The van der Waals surface area contributed by atoms with E-state index in [0.29, 0.717) is 9.79 Å². The molecule has 22 heavy (non-hydrogen) atoms. The van der Waals surface area contributed by atoms with Crippen molar-refractivity contribution < 1.29 is 8.42 Å². The molecule has 1 aromatic rings. The number of rotatable bonds is 2. The van der Waals surface area contributed by atoms with Gasteiger partial charge in [-0.2, -0.15) is 0 Å². The molecule has 0 bridgehead atoms. The third-order valence-corrected chi connectivity index (χ3v) is 5.78. The van der Waals surface area contributed by atoms with Gasteiger partial charge in [-0.25, -0.2) is 8.42 Å². The Hall–Kier alpha value is -2.13. The molecule has 0 aromatic heterocycles. The van der Waals surface area contributed by atoms with Crippen LogP contribution in [-0.4, -0.2) is 8.42 Å². The van der Waals surface area contributed by atoms with Crippen LogP contribution >= 0.6 is 0 Å². The zero-order valence-electron chi connectivity index (χ0n) is 12.9. The monoisotopic (exact) mass is 310 g/mol. The van der Waals surface area contributed by atoms with Crippen molar-refractivity contribution in [3.8, 4) is 11.1 Å². The van der Waals surface area contributed by atoms with E-state index in [0.717, 1.165) is 27.8 Å².